The van der Waals surface area contributed by atoms with Crippen LogP contribution in [0.5, 0.6) is 0 Å². The predicted octanol–water partition coefficient (Wildman–Crippen LogP) is 3.65. The molecule has 0 saturated carbocycles. The van der Waals surface area contributed by atoms with Gasteiger partial charge in [0.05, 0.1) is 22.7 Å². The van der Waals surface area contributed by atoms with E-state index in [9.17, 15) is 0 Å². The monoisotopic (exact) mass is 297 g/mol. The first kappa shape index (κ1) is 17.2. The average molecular weight is 298 g/mol. The molecule has 4 nitrogen and oxygen atoms in total. The molecule has 20 heavy (non-hydrogen) atoms. The smallest absolute Gasteiger partial charge is 0.192 e. The Morgan fingerprint density at radius 1 is 1.20 bits per heavy atom. The molecule has 2 N–H and O–H groups in total. The SMILES string of the molecule is Cc1c(N)c(CC(C)(C)O[Si](C)(C)C(C)(C)C)nn1C. The molecule has 1 rings (SSSR count). The van der Waals surface area contributed by atoms with E-state index in [2.05, 4.69) is 52.8 Å². The number of aryl methyl sites for hydroxylation is 1. The summed E-state index contributed by atoms with van der Waals surface area (Å²) in [5.41, 5.74) is 8.63. The average Bonchev–Trinajstić information content (AvgIpc) is 2.42. The fourth-order valence-electron chi connectivity index (χ4n) is 2.11. The van der Waals surface area contributed by atoms with Crippen LogP contribution in [-0.2, 0) is 17.9 Å². The van der Waals surface area contributed by atoms with Crippen molar-refractivity contribution in [3.05, 3.63) is 11.4 Å². The molecule has 1 aromatic rings. The van der Waals surface area contributed by atoms with Crippen molar-refractivity contribution in [1.82, 2.24) is 9.78 Å². The zero-order valence-corrected chi connectivity index (χ0v) is 15.6. The highest BCUT2D eigenvalue weighted by atomic mass is 28.4. The Hall–Kier alpha value is -0.813. The molecule has 0 bridgehead atoms. The second-order valence-corrected chi connectivity index (χ2v) is 12.6. The first-order chi connectivity index (χ1) is 8.77. The lowest BCUT2D eigenvalue weighted by Crippen LogP contribution is -2.48. The maximum Gasteiger partial charge on any atom is 0.192 e. The number of aromatic nitrogens is 2. The minimum absolute atomic E-state index is 0.204. The van der Waals surface area contributed by atoms with Gasteiger partial charge >= 0.3 is 0 Å². The van der Waals surface area contributed by atoms with E-state index in [0.29, 0.717) is 0 Å². The fraction of sp³-hybridized carbons (Fsp3) is 0.800. The van der Waals surface area contributed by atoms with Gasteiger partial charge in [0.25, 0.3) is 0 Å². The molecular formula is C15H31N3OSi. The van der Waals surface area contributed by atoms with Crippen LogP contribution < -0.4 is 5.73 Å². The molecule has 5 heteroatoms. The lowest BCUT2D eigenvalue weighted by atomic mass is 10.0. The first-order valence-electron chi connectivity index (χ1n) is 7.25. The summed E-state index contributed by atoms with van der Waals surface area (Å²) >= 11 is 0. The molecule has 0 fully saturated rings. The van der Waals surface area contributed by atoms with Gasteiger partial charge in [-0.3, -0.25) is 4.68 Å². The third kappa shape index (κ3) is 3.64. The van der Waals surface area contributed by atoms with Gasteiger partial charge in [0.2, 0.25) is 0 Å². The standard InChI is InChI=1S/C15H31N3OSi/c1-11-13(16)12(17-18(11)7)10-15(5,6)19-20(8,9)14(2,3)4/h10,16H2,1-9H3. The number of nitrogen functional groups attached to an aromatic ring is 1. The molecule has 0 spiro atoms. The number of nitrogens with two attached hydrogens (primary N) is 1. The molecule has 0 atom stereocenters. The third-order valence-electron chi connectivity index (χ3n) is 4.39. The van der Waals surface area contributed by atoms with Crippen molar-refractivity contribution in [1.29, 1.82) is 0 Å². The van der Waals surface area contributed by atoms with Gasteiger partial charge in [-0.2, -0.15) is 5.10 Å². The Morgan fingerprint density at radius 3 is 2.05 bits per heavy atom. The number of hydrogen-bond donors (Lipinski definition) is 1. The zero-order valence-electron chi connectivity index (χ0n) is 14.6. The predicted molar refractivity (Wildman–Crippen MR) is 88.4 cm³/mol. The van der Waals surface area contributed by atoms with Crippen LogP contribution in [0.3, 0.4) is 0 Å². The van der Waals surface area contributed by atoms with E-state index in [0.717, 1.165) is 23.5 Å². The summed E-state index contributed by atoms with van der Waals surface area (Å²) in [4.78, 5) is 0. The number of anilines is 1. The molecular weight excluding hydrogens is 266 g/mol. The maximum absolute atomic E-state index is 6.53. The molecule has 0 aliphatic carbocycles. The van der Waals surface area contributed by atoms with Crippen LogP contribution in [0.15, 0.2) is 0 Å². The molecule has 0 aliphatic rings. The van der Waals surface area contributed by atoms with Crippen molar-refractivity contribution in [3.8, 4) is 0 Å². The van der Waals surface area contributed by atoms with Crippen LogP contribution >= 0.6 is 0 Å². The van der Waals surface area contributed by atoms with Gasteiger partial charge in [-0.25, -0.2) is 0 Å². The van der Waals surface area contributed by atoms with Crippen LogP contribution in [-0.4, -0.2) is 23.7 Å². The van der Waals surface area contributed by atoms with Crippen molar-refractivity contribution in [2.75, 3.05) is 5.73 Å². The summed E-state index contributed by atoms with van der Waals surface area (Å²) in [6.45, 7) is 17.6. The topological polar surface area (TPSA) is 53.1 Å². The van der Waals surface area contributed by atoms with Gasteiger partial charge in [-0.05, 0) is 38.9 Å². The lowest BCUT2D eigenvalue weighted by molar-refractivity contribution is 0.0910. The minimum Gasteiger partial charge on any atom is -0.412 e. The fourth-order valence-corrected chi connectivity index (χ4v) is 3.87. The van der Waals surface area contributed by atoms with Crippen molar-refractivity contribution in [2.45, 2.75) is 71.7 Å². The summed E-state index contributed by atoms with van der Waals surface area (Å²) in [6.07, 6.45) is 0.743. The Kier molecular flexibility index (Phi) is 4.47. The van der Waals surface area contributed by atoms with Crippen LogP contribution in [0.4, 0.5) is 5.69 Å². The quantitative estimate of drug-likeness (QED) is 0.863. The second-order valence-electron chi connectivity index (χ2n) is 7.87. The maximum atomic E-state index is 6.53. The van der Waals surface area contributed by atoms with Gasteiger partial charge in [0.15, 0.2) is 8.32 Å². The highest BCUT2D eigenvalue weighted by Crippen LogP contribution is 2.40. The molecule has 0 saturated heterocycles. The van der Waals surface area contributed by atoms with E-state index >= 15 is 0 Å². The van der Waals surface area contributed by atoms with E-state index in [1.54, 1.807) is 0 Å². The van der Waals surface area contributed by atoms with Gasteiger partial charge in [0, 0.05) is 13.5 Å². The van der Waals surface area contributed by atoms with Crippen LogP contribution in [0, 0.1) is 6.92 Å². The Morgan fingerprint density at radius 2 is 1.70 bits per heavy atom. The van der Waals surface area contributed by atoms with Crippen molar-refractivity contribution in [2.24, 2.45) is 7.05 Å². The minimum atomic E-state index is -1.79. The normalized spacial score (nSPS) is 13.8. The van der Waals surface area contributed by atoms with E-state index in [4.69, 9.17) is 10.2 Å². The second kappa shape index (κ2) is 5.19. The molecule has 0 radical (unpaired) electrons. The molecule has 0 aliphatic heterocycles. The summed E-state index contributed by atoms with van der Waals surface area (Å²) in [5, 5.41) is 4.72. The highest BCUT2D eigenvalue weighted by molar-refractivity contribution is 6.74. The summed E-state index contributed by atoms with van der Waals surface area (Å²) < 4.78 is 8.37. The van der Waals surface area contributed by atoms with Gasteiger partial charge in [-0.15, -0.1) is 0 Å². The van der Waals surface area contributed by atoms with Gasteiger partial charge < -0.3 is 10.2 Å². The Labute approximate surface area is 124 Å². The molecule has 0 amide bonds. The van der Waals surface area contributed by atoms with Gasteiger partial charge in [-0.1, -0.05) is 20.8 Å². The lowest BCUT2D eigenvalue weighted by Gasteiger charge is -2.42. The summed E-state index contributed by atoms with van der Waals surface area (Å²) in [6, 6.07) is 0. The molecule has 0 aromatic carbocycles. The van der Waals surface area contributed by atoms with E-state index < -0.39 is 8.32 Å². The largest absolute Gasteiger partial charge is 0.412 e. The van der Waals surface area contributed by atoms with E-state index in [-0.39, 0.29) is 10.6 Å². The van der Waals surface area contributed by atoms with E-state index in [1.807, 2.05) is 18.7 Å². The van der Waals surface area contributed by atoms with Crippen LogP contribution in [0.1, 0.15) is 46.0 Å². The number of nitrogens with zero attached hydrogens (tertiary/aromatic N) is 2. The number of hydrogen-bond acceptors (Lipinski definition) is 3. The van der Waals surface area contributed by atoms with Crippen LogP contribution in [0.25, 0.3) is 0 Å². The highest BCUT2D eigenvalue weighted by Gasteiger charge is 2.41. The first-order valence-corrected chi connectivity index (χ1v) is 10.2. The van der Waals surface area contributed by atoms with Crippen molar-refractivity contribution in [3.63, 3.8) is 0 Å². The Bertz CT molecular complexity index is 484. The van der Waals surface area contributed by atoms with Crippen LogP contribution in [0.2, 0.25) is 18.1 Å². The summed E-state index contributed by atoms with van der Waals surface area (Å²) in [7, 11) is 0.134. The summed E-state index contributed by atoms with van der Waals surface area (Å²) in [5.74, 6) is 0. The molecule has 0 unspecified atom stereocenters. The Balaban J connectivity index is 2.93. The molecule has 1 heterocycles. The van der Waals surface area contributed by atoms with Crippen molar-refractivity contribution < 1.29 is 4.43 Å². The van der Waals surface area contributed by atoms with Gasteiger partial charge in [0.1, 0.15) is 0 Å². The molecule has 116 valence electrons. The zero-order chi connectivity index (χ0) is 15.9. The van der Waals surface area contributed by atoms with Crippen molar-refractivity contribution >= 4 is 14.0 Å². The van der Waals surface area contributed by atoms with E-state index in [1.165, 1.54) is 0 Å². The molecule has 1 aromatic heterocycles. The number of rotatable bonds is 4. The third-order valence-corrected chi connectivity index (χ3v) is 9.06.